The lowest BCUT2D eigenvalue weighted by atomic mass is 10.5. The third kappa shape index (κ3) is 4.81. The van der Waals surface area contributed by atoms with E-state index in [1.54, 1.807) is 23.5 Å². The van der Waals surface area contributed by atoms with Crippen LogP contribution in [0.4, 0.5) is 0 Å². The zero-order valence-electron chi connectivity index (χ0n) is 5.26. The van der Waals surface area contributed by atoms with E-state index in [-0.39, 0.29) is 0 Å². The first-order valence-electron chi connectivity index (χ1n) is 2.52. The molecule has 0 aromatic rings. The molecule has 1 nitrogen and oxygen atoms in total. The Morgan fingerprint density at radius 3 is 2.62 bits per heavy atom. The van der Waals surface area contributed by atoms with Crippen LogP contribution in [0.15, 0.2) is 0 Å². The second kappa shape index (κ2) is 5.79. The molecule has 0 rings (SSSR count). The summed E-state index contributed by atoms with van der Waals surface area (Å²) in [7, 11) is 0. The summed E-state index contributed by atoms with van der Waals surface area (Å²) in [5, 5.41) is 10.0. The molecule has 1 atom stereocenters. The van der Waals surface area contributed by atoms with Crippen LogP contribution >= 0.6 is 23.5 Å². The Kier molecular flexibility index (Phi) is 6.27. The van der Waals surface area contributed by atoms with Crippen molar-refractivity contribution in [1.82, 2.24) is 0 Å². The fourth-order valence-corrected chi connectivity index (χ4v) is 1.82. The highest BCUT2D eigenvalue weighted by atomic mass is 32.2. The fraction of sp³-hybridized carbons (Fsp3) is 1.00. The van der Waals surface area contributed by atoms with Gasteiger partial charge >= 0.3 is 0 Å². The van der Waals surface area contributed by atoms with Gasteiger partial charge in [-0.05, 0) is 6.26 Å². The van der Waals surface area contributed by atoms with Crippen molar-refractivity contribution in [3.63, 3.8) is 0 Å². The minimum absolute atomic E-state index is 0.297. The topological polar surface area (TPSA) is 20.2 Å². The van der Waals surface area contributed by atoms with Crippen molar-refractivity contribution in [2.75, 3.05) is 17.9 Å². The van der Waals surface area contributed by atoms with Crippen LogP contribution in [-0.4, -0.2) is 28.3 Å². The van der Waals surface area contributed by atoms with Crippen molar-refractivity contribution >= 4 is 23.5 Å². The van der Waals surface area contributed by atoms with Gasteiger partial charge in [0, 0.05) is 10.3 Å². The van der Waals surface area contributed by atoms with Gasteiger partial charge in [0.15, 0.2) is 0 Å². The largest absolute Gasteiger partial charge is 0.395 e. The lowest BCUT2D eigenvalue weighted by Crippen LogP contribution is -2.01. The second-order valence-electron chi connectivity index (χ2n) is 1.57. The monoisotopic (exact) mass is 152 g/mol. The van der Waals surface area contributed by atoms with Crippen LogP contribution in [0.3, 0.4) is 0 Å². The zero-order chi connectivity index (χ0) is 6.41. The highest BCUT2D eigenvalue weighted by Crippen LogP contribution is 2.13. The molecule has 8 heavy (non-hydrogen) atoms. The van der Waals surface area contributed by atoms with Gasteiger partial charge in [0.25, 0.3) is 0 Å². The van der Waals surface area contributed by atoms with Gasteiger partial charge < -0.3 is 5.11 Å². The molecule has 0 spiro atoms. The van der Waals surface area contributed by atoms with E-state index in [4.69, 9.17) is 5.11 Å². The van der Waals surface area contributed by atoms with Crippen molar-refractivity contribution in [1.29, 1.82) is 0 Å². The van der Waals surface area contributed by atoms with Crippen LogP contribution in [0, 0.1) is 0 Å². The highest BCUT2D eigenvalue weighted by Gasteiger charge is 1.96. The maximum Gasteiger partial charge on any atom is 0.0547 e. The van der Waals surface area contributed by atoms with Gasteiger partial charge in [0.2, 0.25) is 0 Å². The number of aliphatic hydroxyl groups is 1. The van der Waals surface area contributed by atoms with Crippen LogP contribution in [0.1, 0.15) is 6.92 Å². The third-order valence-electron chi connectivity index (χ3n) is 0.728. The average molecular weight is 152 g/mol. The summed E-state index contributed by atoms with van der Waals surface area (Å²) in [6, 6.07) is 0. The molecule has 0 radical (unpaired) electrons. The Morgan fingerprint density at radius 1 is 1.62 bits per heavy atom. The van der Waals surface area contributed by atoms with Crippen molar-refractivity contribution in [2.24, 2.45) is 0 Å². The number of hydrogen-bond donors (Lipinski definition) is 1. The SMILES string of the molecule is CSCSC(C)CO. The van der Waals surface area contributed by atoms with Crippen LogP contribution in [0.25, 0.3) is 0 Å². The quantitative estimate of drug-likeness (QED) is 0.615. The Hall–Kier alpha value is 0.660. The molecule has 0 saturated heterocycles. The molecule has 0 aromatic heterocycles. The van der Waals surface area contributed by atoms with E-state index < -0.39 is 0 Å². The fourth-order valence-electron chi connectivity index (χ4n) is 0.237. The van der Waals surface area contributed by atoms with Crippen molar-refractivity contribution in [3.8, 4) is 0 Å². The van der Waals surface area contributed by atoms with E-state index in [9.17, 15) is 0 Å². The van der Waals surface area contributed by atoms with Crippen molar-refractivity contribution in [2.45, 2.75) is 12.2 Å². The summed E-state index contributed by atoms with van der Waals surface area (Å²) < 4.78 is 0. The van der Waals surface area contributed by atoms with E-state index in [0.29, 0.717) is 11.9 Å². The van der Waals surface area contributed by atoms with Gasteiger partial charge in [-0.25, -0.2) is 0 Å². The zero-order valence-corrected chi connectivity index (χ0v) is 6.89. The summed E-state index contributed by atoms with van der Waals surface area (Å²) in [6.07, 6.45) is 2.07. The molecule has 0 bridgehead atoms. The minimum Gasteiger partial charge on any atom is -0.395 e. The van der Waals surface area contributed by atoms with Gasteiger partial charge in [-0.1, -0.05) is 6.92 Å². The van der Waals surface area contributed by atoms with E-state index in [0.717, 1.165) is 5.08 Å². The first-order chi connectivity index (χ1) is 3.81. The molecule has 0 fully saturated rings. The molecule has 50 valence electrons. The lowest BCUT2D eigenvalue weighted by Gasteiger charge is -2.03. The number of aliphatic hydroxyl groups excluding tert-OH is 1. The second-order valence-corrected chi connectivity index (χ2v) is 4.22. The van der Waals surface area contributed by atoms with E-state index in [2.05, 4.69) is 6.26 Å². The van der Waals surface area contributed by atoms with E-state index in [1.807, 2.05) is 6.92 Å². The lowest BCUT2D eigenvalue weighted by molar-refractivity contribution is 0.300. The predicted molar refractivity (Wildman–Crippen MR) is 42.5 cm³/mol. The Labute approximate surface area is 59.2 Å². The molecule has 1 N–H and O–H groups in total. The molecule has 0 aliphatic rings. The molecular formula is C5H12OS2. The summed E-state index contributed by atoms with van der Waals surface area (Å²) in [5.41, 5.74) is 0. The van der Waals surface area contributed by atoms with Gasteiger partial charge in [0.05, 0.1) is 6.61 Å². The van der Waals surface area contributed by atoms with Crippen LogP contribution in [0.2, 0.25) is 0 Å². The molecule has 0 saturated carbocycles. The molecule has 3 heteroatoms. The van der Waals surface area contributed by atoms with Crippen molar-refractivity contribution < 1.29 is 5.11 Å². The molecular weight excluding hydrogens is 140 g/mol. The Morgan fingerprint density at radius 2 is 2.25 bits per heavy atom. The standard InChI is InChI=1S/C5H12OS2/c1-5(3-6)8-4-7-2/h5-6H,3-4H2,1-2H3. The third-order valence-corrected chi connectivity index (χ3v) is 2.93. The first kappa shape index (κ1) is 8.66. The number of thioether (sulfide) groups is 2. The molecule has 1 unspecified atom stereocenters. The number of rotatable bonds is 4. The van der Waals surface area contributed by atoms with Crippen LogP contribution in [0.5, 0.6) is 0 Å². The molecule has 0 aliphatic carbocycles. The number of hydrogen-bond acceptors (Lipinski definition) is 3. The first-order valence-corrected chi connectivity index (χ1v) is 4.97. The Bertz CT molecular complexity index is 49.7. The molecule has 0 amide bonds. The maximum absolute atomic E-state index is 8.53. The smallest absolute Gasteiger partial charge is 0.0547 e. The molecule has 0 aromatic carbocycles. The molecule has 0 heterocycles. The Balaban J connectivity index is 2.86. The summed E-state index contributed by atoms with van der Waals surface area (Å²) >= 11 is 3.59. The van der Waals surface area contributed by atoms with Gasteiger partial charge in [0.1, 0.15) is 0 Å². The van der Waals surface area contributed by atoms with Gasteiger partial charge in [-0.2, -0.15) is 11.8 Å². The summed E-state index contributed by atoms with van der Waals surface area (Å²) in [6.45, 7) is 2.33. The summed E-state index contributed by atoms with van der Waals surface area (Å²) in [4.78, 5) is 0. The maximum atomic E-state index is 8.53. The van der Waals surface area contributed by atoms with E-state index in [1.165, 1.54) is 0 Å². The van der Waals surface area contributed by atoms with E-state index >= 15 is 0 Å². The van der Waals surface area contributed by atoms with Gasteiger partial charge in [-0.3, -0.25) is 0 Å². The minimum atomic E-state index is 0.297. The van der Waals surface area contributed by atoms with Crippen LogP contribution in [-0.2, 0) is 0 Å². The van der Waals surface area contributed by atoms with Crippen molar-refractivity contribution in [3.05, 3.63) is 0 Å². The summed E-state index contributed by atoms with van der Waals surface area (Å²) in [5.74, 6) is 0. The average Bonchev–Trinajstić information content (AvgIpc) is 1.83. The van der Waals surface area contributed by atoms with Gasteiger partial charge in [-0.15, -0.1) is 11.8 Å². The predicted octanol–water partition coefficient (Wildman–Crippen LogP) is 1.42. The van der Waals surface area contributed by atoms with Crippen LogP contribution < -0.4 is 0 Å². The normalized spacial score (nSPS) is 13.9. The molecule has 0 aliphatic heterocycles. The highest BCUT2D eigenvalue weighted by molar-refractivity contribution is 8.15.